The lowest BCUT2D eigenvalue weighted by Crippen LogP contribution is -2.58. The molecule has 4 unspecified atom stereocenters. The quantitative estimate of drug-likeness (QED) is 0.486. The Hall–Kier alpha value is -3.24. The van der Waals surface area contributed by atoms with Crippen molar-refractivity contribution >= 4 is 11.0 Å². The number of piperidine rings is 2. The highest BCUT2D eigenvalue weighted by Crippen LogP contribution is 2.47. The maximum Gasteiger partial charge on any atom is 0.277 e. The molecule has 39 heavy (non-hydrogen) atoms. The van der Waals surface area contributed by atoms with Gasteiger partial charge in [-0.15, -0.1) is 0 Å². The lowest BCUT2D eigenvalue weighted by Gasteiger charge is -2.54. The van der Waals surface area contributed by atoms with Crippen molar-refractivity contribution in [3.05, 3.63) is 62.8 Å². The second-order valence-electron chi connectivity index (χ2n) is 12.6. The van der Waals surface area contributed by atoms with Crippen molar-refractivity contribution in [2.75, 3.05) is 0 Å². The number of para-hydroxylation sites is 2. The van der Waals surface area contributed by atoms with Gasteiger partial charge in [0.2, 0.25) is 0 Å². The number of nitrogens with zero attached hydrogens (tertiary/aromatic N) is 4. The molecule has 4 fully saturated rings. The number of rotatable bonds is 3. The number of nitriles is 1. The molecular formula is C32H37N5O2. The van der Waals surface area contributed by atoms with Gasteiger partial charge in [-0.1, -0.05) is 44.2 Å². The van der Waals surface area contributed by atoms with Crippen molar-refractivity contribution in [3.8, 4) is 17.3 Å². The van der Waals surface area contributed by atoms with E-state index in [1.165, 1.54) is 76.5 Å². The first kappa shape index (κ1) is 24.8. The van der Waals surface area contributed by atoms with Gasteiger partial charge < -0.3 is 9.55 Å². The van der Waals surface area contributed by atoms with Gasteiger partial charge in [-0.3, -0.25) is 14.5 Å². The standard InChI is InChI=1S/C32H37N5O2/c33-18-22-15-23(19-34-31(22)38)30-32(39)37(29-11-4-3-10-28(29)35-30)27-16-24-8-5-9-25(17-27)36(24)26-13-20-6-1-2-7-21(12-20)14-26/h3-4,10-11,15,19-21,24-27H,1-2,5-9,12-14,16-17H2,(H,34,38). The molecule has 1 aromatic carbocycles. The van der Waals surface area contributed by atoms with Gasteiger partial charge in [0, 0.05) is 35.9 Å². The fourth-order valence-electron chi connectivity index (χ4n) is 8.71. The van der Waals surface area contributed by atoms with E-state index in [0.29, 0.717) is 29.4 Å². The number of pyridine rings is 1. The van der Waals surface area contributed by atoms with Gasteiger partial charge in [-0.25, -0.2) is 4.98 Å². The van der Waals surface area contributed by atoms with Crippen LogP contribution in [0.3, 0.4) is 0 Å². The summed E-state index contributed by atoms with van der Waals surface area (Å²) in [4.78, 5) is 36.4. The molecule has 3 aromatic rings. The van der Waals surface area contributed by atoms with E-state index in [9.17, 15) is 14.9 Å². The normalized spacial score (nSPS) is 30.9. The SMILES string of the molecule is N#Cc1cc(-c2nc3ccccc3n(C3CC4CCCC(C3)N4C3CC4CCCCC(C4)C3)c2=O)c[nH]c1=O. The van der Waals surface area contributed by atoms with E-state index in [0.717, 1.165) is 35.7 Å². The highest BCUT2D eigenvalue weighted by Gasteiger charge is 2.45. The minimum Gasteiger partial charge on any atom is -0.327 e. The maximum atomic E-state index is 14.2. The first-order chi connectivity index (χ1) is 19.1. The van der Waals surface area contributed by atoms with Crippen LogP contribution >= 0.6 is 0 Å². The van der Waals surface area contributed by atoms with Crippen LogP contribution in [0.4, 0.5) is 0 Å². The van der Waals surface area contributed by atoms with Gasteiger partial charge >= 0.3 is 0 Å². The average Bonchev–Trinajstić information content (AvgIpc) is 3.11. The molecule has 2 aromatic heterocycles. The van der Waals surface area contributed by atoms with Crippen molar-refractivity contribution in [1.82, 2.24) is 19.4 Å². The molecule has 0 radical (unpaired) electrons. The van der Waals surface area contributed by atoms with Crippen LogP contribution in [0.25, 0.3) is 22.3 Å². The molecule has 7 nitrogen and oxygen atoms in total. The van der Waals surface area contributed by atoms with Gasteiger partial charge in [-0.05, 0) is 75.0 Å². The Kier molecular flexibility index (Phi) is 6.39. The van der Waals surface area contributed by atoms with E-state index >= 15 is 0 Å². The van der Waals surface area contributed by atoms with Crippen molar-refractivity contribution in [2.45, 2.75) is 101 Å². The Morgan fingerprint density at radius 1 is 0.846 bits per heavy atom. The van der Waals surface area contributed by atoms with E-state index in [-0.39, 0.29) is 17.2 Å². The summed E-state index contributed by atoms with van der Waals surface area (Å²) in [6.45, 7) is 0. The molecular weight excluding hydrogens is 486 g/mol. The first-order valence-corrected chi connectivity index (χ1v) is 15.0. The van der Waals surface area contributed by atoms with Crippen LogP contribution in [-0.2, 0) is 0 Å². The second kappa shape index (κ2) is 10.1. The van der Waals surface area contributed by atoms with Crippen LogP contribution < -0.4 is 11.1 Å². The number of H-pyrrole nitrogens is 1. The second-order valence-corrected chi connectivity index (χ2v) is 12.6. The number of benzene rings is 1. The van der Waals surface area contributed by atoms with Crippen molar-refractivity contribution in [2.24, 2.45) is 11.8 Å². The molecule has 7 rings (SSSR count). The number of fused-ring (bicyclic) bond motifs is 5. The summed E-state index contributed by atoms with van der Waals surface area (Å²) in [6.07, 6.45) is 17.0. The largest absolute Gasteiger partial charge is 0.327 e. The summed E-state index contributed by atoms with van der Waals surface area (Å²) < 4.78 is 2.00. The third kappa shape index (κ3) is 4.43. The molecule has 7 heteroatoms. The third-order valence-corrected chi connectivity index (χ3v) is 10.2. The average molecular weight is 524 g/mol. The molecule has 2 saturated heterocycles. The molecule has 1 N–H and O–H groups in total. The zero-order valence-corrected chi connectivity index (χ0v) is 22.5. The number of hydrogen-bond acceptors (Lipinski definition) is 5. The summed E-state index contributed by atoms with van der Waals surface area (Å²) in [5.74, 6) is 1.80. The van der Waals surface area contributed by atoms with Crippen molar-refractivity contribution < 1.29 is 0 Å². The van der Waals surface area contributed by atoms with Crippen LogP contribution in [0.2, 0.25) is 0 Å². The minimum atomic E-state index is -0.454. The first-order valence-electron chi connectivity index (χ1n) is 15.0. The van der Waals surface area contributed by atoms with E-state index < -0.39 is 5.56 Å². The van der Waals surface area contributed by atoms with Crippen LogP contribution in [0, 0.1) is 23.2 Å². The highest BCUT2D eigenvalue weighted by molar-refractivity contribution is 5.78. The summed E-state index contributed by atoms with van der Waals surface area (Å²) in [6, 6.07) is 13.2. The molecule has 4 atom stereocenters. The Morgan fingerprint density at radius 3 is 2.28 bits per heavy atom. The van der Waals surface area contributed by atoms with Gasteiger partial charge in [0.25, 0.3) is 11.1 Å². The predicted molar refractivity (Wildman–Crippen MR) is 151 cm³/mol. The Balaban J connectivity index is 1.26. The summed E-state index contributed by atoms with van der Waals surface area (Å²) in [7, 11) is 0. The Labute approximate surface area is 228 Å². The van der Waals surface area contributed by atoms with Crippen LogP contribution in [0.15, 0.2) is 46.1 Å². The van der Waals surface area contributed by atoms with E-state index in [2.05, 4.69) is 9.88 Å². The summed E-state index contributed by atoms with van der Waals surface area (Å²) in [5, 5.41) is 9.40. The molecule has 2 aliphatic carbocycles. The molecule has 2 aliphatic heterocycles. The molecule has 2 saturated carbocycles. The lowest BCUT2D eigenvalue weighted by molar-refractivity contribution is -0.0420. The van der Waals surface area contributed by atoms with Gasteiger partial charge in [-0.2, -0.15) is 5.26 Å². The topological polar surface area (TPSA) is 94.8 Å². The van der Waals surface area contributed by atoms with Crippen LogP contribution in [0.5, 0.6) is 0 Å². The lowest BCUT2D eigenvalue weighted by atomic mass is 9.73. The summed E-state index contributed by atoms with van der Waals surface area (Å²) in [5.41, 5.74) is 1.82. The smallest absolute Gasteiger partial charge is 0.277 e. The monoisotopic (exact) mass is 523 g/mol. The zero-order chi connectivity index (χ0) is 26.5. The molecule has 4 aliphatic rings. The minimum absolute atomic E-state index is 0.00991. The predicted octanol–water partition coefficient (Wildman–Crippen LogP) is 5.54. The van der Waals surface area contributed by atoms with Crippen molar-refractivity contribution in [1.29, 1.82) is 5.26 Å². The zero-order valence-electron chi connectivity index (χ0n) is 22.5. The van der Waals surface area contributed by atoms with E-state index in [1.54, 1.807) is 0 Å². The highest BCUT2D eigenvalue weighted by atomic mass is 16.1. The van der Waals surface area contributed by atoms with E-state index in [1.807, 2.05) is 34.9 Å². The number of nitrogens with one attached hydrogen (secondary N) is 1. The Morgan fingerprint density at radius 2 is 1.56 bits per heavy atom. The summed E-state index contributed by atoms with van der Waals surface area (Å²) >= 11 is 0. The molecule has 0 amide bonds. The number of aromatic nitrogens is 3. The van der Waals surface area contributed by atoms with Gasteiger partial charge in [0.15, 0.2) is 0 Å². The molecule has 202 valence electrons. The van der Waals surface area contributed by atoms with Gasteiger partial charge in [0.1, 0.15) is 17.3 Å². The van der Waals surface area contributed by atoms with Crippen molar-refractivity contribution in [3.63, 3.8) is 0 Å². The Bertz CT molecular complexity index is 1520. The maximum absolute atomic E-state index is 14.2. The van der Waals surface area contributed by atoms with E-state index in [4.69, 9.17) is 4.98 Å². The van der Waals surface area contributed by atoms with Crippen LogP contribution in [-0.4, -0.2) is 37.6 Å². The fraction of sp³-hybridized carbons (Fsp3) is 0.562. The molecule has 4 bridgehead atoms. The van der Waals surface area contributed by atoms with Crippen LogP contribution in [0.1, 0.15) is 88.7 Å². The third-order valence-electron chi connectivity index (χ3n) is 10.2. The number of hydrogen-bond donors (Lipinski definition) is 1. The number of aromatic amines is 1. The fourth-order valence-corrected chi connectivity index (χ4v) is 8.71. The van der Waals surface area contributed by atoms with Gasteiger partial charge in [0.05, 0.1) is 11.0 Å². The molecule has 4 heterocycles. The molecule has 0 spiro atoms.